The molecule has 1 aliphatic heterocycles. The number of carbonyl (C=O) groups excluding carboxylic acids is 1. The lowest BCUT2D eigenvalue weighted by Crippen LogP contribution is -2.30. The summed E-state index contributed by atoms with van der Waals surface area (Å²) in [4.78, 5) is 18.4. The smallest absolute Gasteiger partial charge is 0.280 e. The molecule has 0 aromatic heterocycles. The summed E-state index contributed by atoms with van der Waals surface area (Å²) in [5.41, 5.74) is 2.60. The van der Waals surface area contributed by atoms with Gasteiger partial charge < -0.3 is 4.74 Å². The third-order valence-corrected chi connectivity index (χ3v) is 4.10. The SMILES string of the molecule is CCCCCON1C(=O)c2ccccc2C1OCc1ccccc1. The Kier molecular flexibility index (Phi) is 5.62. The van der Waals surface area contributed by atoms with Gasteiger partial charge in [-0.3, -0.25) is 9.63 Å². The van der Waals surface area contributed by atoms with Crippen molar-refractivity contribution in [3.8, 4) is 0 Å². The third-order valence-electron chi connectivity index (χ3n) is 4.10. The van der Waals surface area contributed by atoms with E-state index in [0.717, 1.165) is 30.4 Å². The number of ether oxygens (including phenoxy) is 1. The molecule has 24 heavy (non-hydrogen) atoms. The minimum Gasteiger partial charge on any atom is -0.347 e. The Hall–Kier alpha value is -2.17. The number of hydrogen-bond donors (Lipinski definition) is 0. The highest BCUT2D eigenvalue weighted by molar-refractivity contribution is 5.98. The van der Waals surface area contributed by atoms with Gasteiger partial charge in [0.25, 0.3) is 5.91 Å². The van der Waals surface area contributed by atoms with Crippen molar-refractivity contribution in [3.63, 3.8) is 0 Å². The normalized spacial score (nSPS) is 16.5. The number of unbranched alkanes of at least 4 members (excludes halogenated alkanes) is 2. The van der Waals surface area contributed by atoms with Gasteiger partial charge in [0.1, 0.15) is 0 Å². The molecule has 2 aromatic rings. The van der Waals surface area contributed by atoms with E-state index in [0.29, 0.717) is 18.8 Å². The standard InChI is InChI=1S/C20H23NO3/c1-2-3-9-14-24-21-19(22)17-12-7-8-13-18(17)20(21)23-15-16-10-5-4-6-11-16/h4-8,10-13,20H,2-3,9,14-15H2,1H3. The molecule has 0 spiro atoms. The predicted octanol–water partition coefficient (Wildman–Crippen LogP) is 4.48. The Balaban J connectivity index is 1.72. The zero-order chi connectivity index (χ0) is 16.8. The molecule has 1 heterocycles. The van der Waals surface area contributed by atoms with Crippen LogP contribution in [0.1, 0.15) is 53.9 Å². The number of hydrogen-bond acceptors (Lipinski definition) is 3. The van der Waals surface area contributed by atoms with E-state index in [2.05, 4.69) is 6.92 Å². The number of benzene rings is 2. The maximum absolute atomic E-state index is 12.6. The first-order valence-corrected chi connectivity index (χ1v) is 8.52. The van der Waals surface area contributed by atoms with Crippen LogP contribution in [0.3, 0.4) is 0 Å². The van der Waals surface area contributed by atoms with E-state index in [1.54, 1.807) is 0 Å². The molecule has 1 amide bonds. The molecule has 0 fully saturated rings. The molecule has 4 heteroatoms. The summed E-state index contributed by atoms with van der Waals surface area (Å²) < 4.78 is 6.04. The van der Waals surface area contributed by atoms with E-state index >= 15 is 0 Å². The lowest BCUT2D eigenvalue weighted by Gasteiger charge is -2.24. The summed E-state index contributed by atoms with van der Waals surface area (Å²) >= 11 is 0. The Morgan fingerprint density at radius 1 is 1.00 bits per heavy atom. The quantitative estimate of drug-likeness (QED) is 0.672. The van der Waals surface area contributed by atoms with Crippen molar-refractivity contribution in [2.45, 2.75) is 39.0 Å². The van der Waals surface area contributed by atoms with Crippen molar-refractivity contribution < 1.29 is 14.4 Å². The van der Waals surface area contributed by atoms with E-state index in [4.69, 9.17) is 9.57 Å². The number of rotatable bonds is 8. The van der Waals surface area contributed by atoms with Crippen LogP contribution in [0.15, 0.2) is 54.6 Å². The molecule has 1 aliphatic rings. The predicted molar refractivity (Wildman–Crippen MR) is 92.1 cm³/mol. The van der Waals surface area contributed by atoms with Gasteiger partial charge >= 0.3 is 0 Å². The van der Waals surface area contributed by atoms with Crippen LogP contribution >= 0.6 is 0 Å². The van der Waals surface area contributed by atoms with Crippen LogP contribution in [-0.4, -0.2) is 17.6 Å². The average molecular weight is 325 g/mol. The molecular formula is C20H23NO3. The first-order chi connectivity index (χ1) is 11.8. The molecule has 3 rings (SSSR count). The van der Waals surface area contributed by atoms with Crippen molar-refractivity contribution >= 4 is 5.91 Å². The van der Waals surface area contributed by atoms with Gasteiger partial charge in [-0.05, 0) is 18.1 Å². The van der Waals surface area contributed by atoms with E-state index in [1.165, 1.54) is 5.06 Å². The Morgan fingerprint density at radius 3 is 2.54 bits per heavy atom. The summed E-state index contributed by atoms with van der Waals surface area (Å²) in [6.07, 6.45) is 2.65. The highest BCUT2D eigenvalue weighted by atomic mass is 16.7. The van der Waals surface area contributed by atoms with E-state index in [9.17, 15) is 4.79 Å². The molecule has 4 nitrogen and oxygen atoms in total. The maximum Gasteiger partial charge on any atom is 0.280 e. The topological polar surface area (TPSA) is 38.8 Å². The van der Waals surface area contributed by atoms with Gasteiger partial charge in [-0.25, -0.2) is 0 Å². The summed E-state index contributed by atoms with van der Waals surface area (Å²) in [5.74, 6) is -0.125. The number of nitrogens with zero attached hydrogens (tertiary/aromatic N) is 1. The van der Waals surface area contributed by atoms with Crippen molar-refractivity contribution in [2.24, 2.45) is 0 Å². The fourth-order valence-electron chi connectivity index (χ4n) is 2.81. The van der Waals surface area contributed by atoms with Gasteiger partial charge in [0, 0.05) is 11.1 Å². The molecule has 0 N–H and O–H groups in total. The summed E-state index contributed by atoms with van der Waals surface area (Å²) in [7, 11) is 0. The molecule has 0 saturated carbocycles. The second-order valence-corrected chi connectivity index (χ2v) is 5.91. The minimum absolute atomic E-state index is 0.125. The van der Waals surface area contributed by atoms with Crippen LogP contribution < -0.4 is 0 Å². The number of amides is 1. The number of fused-ring (bicyclic) bond motifs is 1. The second-order valence-electron chi connectivity index (χ2n) is 5.91. The van der Waals surface area contributed by atoms with Gasteiger partial charge in [0.2, 0.25) is 0 Å². The van der Waals surface area contributed by atoms with Crippen LogP contribution in [0, 0.1) is 0 Å². The molecular weight excluding hydrogens is 302 g/mol. The Labute approximate surface area is 143 Å². The molecule has 0 bridgehead atoms. The largest absolute Gasteiger partial charge is 0.347 e. The highest BCUT2D eigenvalue weighted by Gasteiger charge is 2.38. The summed E-state index contributed by atoms with van der Waals surface area (Å²) in [6.45, 7) is 3.10. The van der Waals surface area contributed by atoms with Crippen molar-refractivity contribution in [3.05, 3.63) is 71.3 Å². The molecule has 126 valence electrons. The highest BCUT2D eigenvalue weighted by Crippen LogP contribution is 2.35. The maximum atomic E-state index is 12.6. The van der Waals surface area contributed by atoms with Crippen LogP contribution in [0.5, 0.6) is 0 Å². The number of carbonyl (C=O) groups is 1. The van der Waals surface area contributed by atoms with Crippen LogP contribution in [0.25, 0.3) is 0 Å². The lowest BCUT2D eigenvalue weighted by molar-refractivity contribution is -0.220. The molecule has 0 saturated heterocycles. The van der Waals surface area contributed by atoms with Crippen LogP contribution in [0.2, 0.25) is 0 Å². The van der Waals surface area contributed by atoms with Crippen LogP contribution in [0.4, 0.5) is 0 Å². The Morgan fingerprint density at radius 2 is 1.75 bits per heavy atom. The lowest BCUT2D eigenvalue weighted by atomic mass is 10.1. The van der Waals surface area contributed by atoms with Crippen LogP contribution in [-0.2, 0) is 16.2 Å². The van der Waals surface area contributed by atoms with Gasteiger partial charge in [-0.15, -0.1) is 0 Å². The molecule has 0 aliphatic carbocycles. The molecule has 1 atom stereocenters. The monoisotopic (exact) mass is 325 g/mol. The zero-order valence-electron chi connectivity index (χ0n) is 14.0. The average Bonchev–Trinajstić information content (AvgIpc) is 2.90. The zero-order valence-corrected chi connectivity index (χ0v) is 14.0. The van der Waals surface area contributed by atoms with Gasteiger partial charge in [0.15, 0.2) is 6.23 Å². The van der Waals surface area contributed by atoms with E-state index < -0.39 is 6.23 Å². The molecule has 0 radical (unpaired) electrons. The fraction of sp³-hybridized carbons (Fsp3) is 0.350. The van der Waals surface area contributed by atoms with Gasteiger partial charge in [0.05, 0.1) is 13.2 Å². The first-order valence-electron chi connectivity index (χ1n) is 8.52. The summed E-state index contributed by atoms with van der Waals surface area (Å²) in [5, 5.41) is 1.39. The Bertz CT molecular complexity index is 672. The van der Waals surface area contributed by atoms with Gasteiger partial charge in [-0.1, -0.05) is 68.3 Å². The molecule has 1 unspecified atom stereocenters. The summed E-state index contributed by atoms with van der Waals surface area (Å²) in [6, 6.07) is 17.5. The minimum atomic E-state index is -0.490. The van der Waals surface area contributed by atoms with Crippen molar-refractivity contribution in [1.82, 2.24) is 5.06 Å². The van der Waals surface area contributed by atoms with E-state index in [-0.39, 0.29) is 5.91 Å². The molecule has 2 aromatic carbocycles. The number of hydroxylamine groups is 2. The second kappa shape index (κ2) is 8.08. The van der Waals surface area contributed by atoms with Gasteiger partial charge in [-0.2, -0.15) is 5.06 Å². The van der Waals surface area contributed by atoms with Crippen molar-refractivity contribution in [1.29, 1.82) is 0 Å². The fourth-order valence-corrected chi connectivity index (χ4v) is 2.81. The van der Waals surface area contributed by atoms with Crippen molar-refractivity contribution in [2.75, 3.05) is 6.61 Å². The van der Waals surface area contributed by atoms with E-state index in [1.807, 2.05) is 54.6 Å². The third kappa shape index (κ3) is 3.66. The first kappa shape index (κ1) is 16.7.